The number of ether oxygens (including phenoxy) is 1. The van der Waals surface area contributed by atoms with E-state index < -0.39 is 0 Å². The first kappa shape index (κ1) is 14.7. The molecule has 1 aliphatic heterocycles. The van der Waals surface area contributed by atoms with E-state index in [1.54, 1.807) is 0 Å². The van der Waals surface area contributed by atoms with Crippen LogP contribution >= 0.6 is 0 Å². The minimum Gasteiger partial charge on any atom is -0.466 e. The lowest BCUT2D eigenvalue weighted by atomic mass is 9.97. The quantitative estimate of drug-likeness (QED) is 0.611. The van der Waals surface area contributed by atoms with Gasteiger partial charge in [0, 0.05) is 18.7 Å². The van der Waals surface area contributed by atoms with Gasteiger partial charge in [-0.05, 0) is 31.9 Å². The van der Waals surface area contributed by atoms with Gasteiger partial charge in [-0.3, -0.25) is 14.5 Å². The number of nitrogens with zero attached hydrogens (tertiary/aromatic N) is 1. The highest BCUT2D eigenvalue weighted by atomic mass is 16.5. The van der Waals surface area contributed by atoms with Crippen molar-refractivity contribution in [3.05, 3.63) is 35.4 Å². The first-order chi connectivity index (χ1) is 9.72. The lowest BCUT2D eigenvalue weighted by Gasteiger charge is -2.31. The third kappa shape index (κ3) is 3.90. The molecular weight excluding hydrogens is 254 g/mol. The first-order valence-electron chi connectivity index (χ1n) is 7.16. The summed E-state index contributed by atoms with van der Waals surface area (Å²) in [5, 5.41) is 0. The van der Waals surface area contributed by atoms with E-state index in [-0.39, 0.29) is 11.9 Å². The van der Waals surface area contributed by atoms with Crippen LogP contribution in [0.2, 0.25) is 0 Å². The molecule has 4 heteroatoms. The fourth-order valence-electron chi connectivity index (χ4n) is 2.61. The van der Waals surface area contributed by atoms with Crippen LogP contribution in [0.3, 0.4) is 0 Å². The van der Waals surface area contributed by atoms with Crippen molar-refractivity contribution in [2.75, 3.05) is 19.7 Å². The van der Waals surface area contributed by atoms with Gasteiger partial charge in [-0.15, -0.1) is 0 Å². The molecule has 1 unspecified atom stereocenters. The summed E-state index contributed by atoms with van der Waals surface area (Å²) >= 11 is 0. The normalized spacial score (nSPS) is 19.6. The molecule has 1 aliphatic rings. The Morgan fingerprint density at radius 2 is 2.15 bits per heavy atom. The topological polar surface area (TPSA) is 46.6 Å². The van der Waals surface area contributed by atoms with E-state index in [4.69, 9.17) is 4.74 Å². The van der Waals surface area contributed by atoms with Crippen molar-refractivity contribution in [2.45, 2.75) is 26.3 Å². The van der Waals surface area contributed by atoms with E-state index >= 15 is 0 Å². The summed E-state index contributed by atoms with van der Waals surface area (Å²) in [6.07, 6.45) is 2.79. The van der Waals surface area contributed by atoms with Crippen LogP contribution in [0.15, 0.2) is 24.3 Å². The second-order valence-corrected chi connectivity index (χ2v) is 5.19. The number of likely N-dealkylation sites (tertiary alicyclic amines) is 1. The van der Waals surface area contributed by atoms with Crippen LogP contribution in [-0.4, -0.2) is 36.9 Å². The maximum absolute atomic E-state index is 11.8. The Balaban J connectivity index is 1.91. The molecule has 0 aliphatic carbocycles. The van der Waals surface area contributed by atoms with Gasteiger partial charge < -0.3 is 4.74 Å². The van der Waals surface area contributed by atoms with E-state index in [9.17, 15) is 9.59 Å². The van der Waals surface area contributed by atoms with Gasteiger partial charge in [-0.1, -0.05) is 24.3 Å². The molecule has 0 amide bonds. The molecule has 2 rings (SSSR count). The van der Waals surface area contributed by atoms with Crippen LogP contribution in [0.1, 0.15) is 35.7 Å². The van der Waals surface area contributed by atoms with Gasteiger partial charge in [0.1, 0.15) is 6.29 Å². The van der Waals surface area contributed by atoms with Crippen LogP contribution in [0.25, 0.3) is 0 Å². The van der Waals surface area contributed by atoms with Gasteiger partial charge in [-0.2, -0.15) is 0 Å². The third-order valence-corrected chi connectivity index (χ3v) is 3.65. The molecule has 1 aromatic rings. The number of carbonyl (C=O) groups excluding carboxylic acids is 2. The Morgan fingerprint density at radius 1 is 1.40 bits per heavy atom. The fraction of sp³-hybridized carbons (Fsp3) is 0.500. The minimum atomic E-state index is -0.0755. The van der Waals surface area contributed by atoms with E-state index in [0.29, 0.717) is 12.2 Å². The zero-order valence-corrected chi connectivity index (χ0v) is 11.9. The number of carbonyl (C=O) groups is 2. The van der Waals surface area contributed by atoms with Crippen LogP contribution in [0.5, 0.6) is 0 Å². The molecule has 1 fully saturated rings. The van der Waals surface area contributed by atoms with Crippen molar-refractivity contribution in [1.82, 2.24) is 4.90 Å². The van der Waals surface area contributed by atoms with Crippen LogP contribution in [-0.2, 0) is 16.1 Å². The smallest absolute Gasteiger partial charge is 0.310 e. The van der Waals surface area contributed by atoms with Gasteiger partial charge in [0.25, 0.3) is 0 Å². The average Bonchev–Trinajstić information content (AvgIpc) is 2.48. The van der Waals surface area contributed by atoms with Crippen molar-refractivity contribution < 1.29 is 14.3 Å². The van der Waals surface area contributed by atoms with Crippen molar-refractivity contribution >= 4 is 12.3 Å². The molecule has 1 heterocycles. The summed E-state index contributed by atoms with van der Waals surface area (Å²) in [6.45, 7) is 4.87. The van der Waals surface area contributed by atoms with Crippen LogP contribution in [0, 0.1) is 5.92 Å². The Kier molecular flexibility index (Phi) is 5.30. The maximum Gasteiger partial charge on any atom is 0.310 e. The Labute approximate surface area is 119 Å². The number of hydrogen-bond donors (Lipinski definition) is 0. The average molecular weight is 275 g/mol. The summed E-state index contributed by atoms with van der Waals surface area (Å²) in [6, 6.07) is 7.60. The fourth-order valence-corrected chi connectivity index (χ4v) is 2.61. The lowest BCUT2D eigenvalue weighted by Crippen LogP contribution is -2.38. The summed E-state index contributed by atoms with van der Waals surface area (Å²) < 4.78 is 5.11. The molecule has 1 atom stereocenters. The number of benzene rings is 1. The molecule has 1 aromatic carbocycles. The van der Waals surface area contributed by atoms with E-state index in [0.717, 1.165) is 38.8 Å². The number of piperidine rings is 1. The van der Waals surface area contributed by atoms with E-state index in [1.807, 2.05) is 31.2 Å². The molecule has 0 radical (unpaired) electrons. The summed E-state index contributed by atoms with van der Waals surface area (Å²) in [5.74, 6) is -0.0774. The van der Waals surface area contributed by atoms with Crippen LogP contribution in [0.4, 0.5) is 0 Å². The number of hydrogen-bond acceptors (Lipinski definition) is 4. The molecule has 20 heavy (non-hydrogen) atoms. The Morgan fingerprint density at radius 3 is 2.80 bits per heavy atom. The van der Waals surface area contributed by atoms with Crippen molar-refractivity contribution in [3.8, 4) is 0 Å². The zero-order valence-electron chi connectivity index (χ0n) is 11.9. The summed E-state index contributed by atoms with van der Waals surface area (Å²) in [5.41, 5.74) is 1.86. The molecule has 4 nitrogen and oxygen atoms in total. The summed E-state index contributed by atoms with van der Waals surface area (Å²) in [4.78, 5) is 24.7. The molecule has 0 saturated carbocycles. The molecule has 0 spiro atoms. The van der Waals surface area contributed by atoms with Gasteiger partial charge in [0.05, 0.1) is 12.5 Å². The highest BCUT2D eigenvalue weighted by Crippen LogP contribution is 2.20. The Bertz CT molecular complexity index is 455. The van der Waals surface area contributed by atoms with E-state index in [1.165, 1.54) is 5.56 Å². The highest BCUT2D eigenvalue weighted by molar-refractivity contribution is 5.74. The molecule has 0 bridgehead atoms. The molecular formula is C16H21NO3. The van der Waals surface area contributed by atoms with Gasteiger partial charge in [-0.25, -0.2) is 0 Å². The van der Waals surface area contributed by atoms with Crippen molar-refractivity contribution in [3.63, 3.8) is 0 Å². The standard InChI is InChI=1S/C16H21NO3/c1-2-20-16(19)15-4-3-9-17(11-15)10-13-5-7-14(12-18)8-6-13/h5-8,12,15H,2-4,9-11H2,1H3. The highest BCUT2D eigenvalue weighted by Gasteiger charge is 2.26. The SMILES string of the molecule is CCOC(=O)C1CCCN(Cc2ccc(C=O)cc2)C1. The zero-order chi connectivity index (χ0) is 14.4. The number of esters is 1. The van der Waals surface area contributed by atoms with Gasteiger partial charge in [0.2, 0.25) is 0 Å². The predicted octanol–water partition coefficient (Wildman–Crippen LogP) is 2.27. The van der Waals surface area contributed by atoms with Crippen molar-refractivity contribution in [1.29, 1.82) is 0 Å². The third-order valence-electron chi connectivity index (χ3n) is 3.65. The first-order valence-corrected chi connectivity index (χ1v) is 7.16. The van der Waals surface area contributed by atoms with Gasteiger partial charge in [0.15, 0.2) is 0 Å². The second kappa shape index (κ2) is 7.20. The van der Waals surface area contributed by atoms with Crippen LogP contribution < -0.4 is 0 Å². The predicted molar refractivity (Wildman–Crippen MR) is 76.5 cm³/mol. The molecule has 108 valence electrons. The minimum absolute atomic E-state index is 0.00190. The largest absolute Gasteiger partial charge is 0.466 e. The maximum atomic E-state index is 11.8. The molecule has 0 N–H and O–H groups in total. The van der Waals surface area contributed by atoms with Gasteiger partial charge >= 0.3 is 5.97 Å². The lowest BCUT2D eigenvalue weighted by molar-refractivity contribution is -0.150. The number of rotatable bonds is 5. The molecule has 1 saturated heterocycles. The Hall–Kier alpha value is -1.68. The number of aldehydes is 1. The molecule has 0 aromatic heterocycles. The second-order valence-electron chi connectivity index (χ2n) is 5.19. The van der Waals surface area contributed by atoms with Crippen molar-refractivity contribution in [2.24, 2.45) is 5.92 Å². The van der Waals surface area contributed by atoms with E-state index in [2.05, 4.69) is 4.90 Å². The summed E-state index contributed by atoms with van der Waals surface area (Å²) in [7, 11) is 0. The monoisotopic (exact) mass is 275 g/mol.